The van der Waals surface area contributed by atoms with Crippen LogP contribution in [0, 0.1) is 0 Å². The second-order valence-electron chi connectivity index (χ2n) is 4.13. The summed E-state index contributed by atoms with van der Waals surface area (Å²) in [7, 11) is 0. The van der Waals surface area contributed by atoms with Crippen LogP contribution in [0.1, 0.15) is 31.2 Å². The summed E-state index contributed by atoms with van der Waals surface area (Å²) < 4.78 is 5.64. The highest BCUT2D eigenvalue weighted by atomic mass is 16.5. The molecule has 100 valence electrons. The smallest absolute Gasteiger partial charge is 0.303 e. The molecule has 0 radical (unpaired) electrons. The summed E-state index contributed by atoms with van der Waals surface area (Å²) in [5.74, 6) is 0.0639. The number of hydrogen-bond acceptors (Lipinski definition) is 3. The summed E-state index contributed by atoms with van der Waals surface area (Å²) in [6.07, 6.45) is 3.21. The number of benzene rings is 1. The number of unbranched alkanes of at least 4 members (excludes halogenated alkanes) is 2. The van der Waals surface area contributed by atoms with Gasteiger partial charge in [0, 0.05) is 13.0 Å². The molecule has 0 bridgehead atoms. The van der Waals surface area contributed by atoms with Gasteiger partial charge in [0.05, 0.1) is 6.61 Å². The van der Waals surface area contributed by atoms with Gasteiger partial charge in [-0.2, -0.15) is 0 Å². The third-order valence-corrected chi connectivity index (χ3v) is 2.65. The minimum atomic E-state index is -0.746. The number of aliphatic hydroxyl groups excluding tert-OH is 1. The molecular weight excluding hydrogens is 232 g/mol. The molecule has 1 aromatic carbocycles. The number of hydrogen-bond donors (Lipinski definition) is 2. The van der Waals surface area contributed by atoms with Crippen LogP contribution in [0.25, 0.3) is 0 Å². The number of carboxylic acids is 1. The Kier molecular flexibility index (Phi) is 6.87. The van der Waals surface area contributed by atoms with Crippen molar-refractivity contribution in [2.45, 2.75) is 32.1 Å². The number of ether oxygens (including phenoxy) is 1. The molecule has 0 aromatic heterocycles. The van der Waals surface area contributed by atoms with Gasteiger partial charge in [0.25, 0.3) is 0 Å². The van der Waals surface area contributed by atoms with Crippen molar-refractivity contribution in [2.75, 3.05) is 13.2 Å². The van der Waals surface area contributed by atoms with Gasteiger partial charge >= 0.3 is 5.97 Å². The first-order valence-electron chi connectivity index (χ1n) is 6.27. The number of aliphatic carboxylic acids is 1. The predicted octanol–water partition coefficient (Wildman–Crippen LogP) is 2.25. The van der Waals surface area contributed by atoms with Crippen molar-refractivity contribution in [3.05, 3.63) is 29.8 Å². The molecule has 0 saturated heterocycles. The highest BCUT2D eigenvalue weighted by molar-refractivity contribution is 5.66. The molecule has 1 aromatic rings. The second-order valence-corrected chi connectivity index (χ2v) is 4.13. The summed E-state index contributed by atoms with van der Waals surface area (Å²) in [5.41, 5.74) is 1.01. The van der Waals surface area contributed by atoms with E-state index in [0.29, 0.717) is 19.4 Å². The zero-order valence-corrected chi connectivity index (χ0v) is 10.5. The van der Waals surface area contributed by atoms with Crippen LogP contribution in [0.4, 0.5) is 0 Å². The Hall–Kier alpha value is -1.55. The van der Waals surface area contributed by atoms with Gasteiger partial charge in [-0.15, -0.1) is 0 Å². The Morgan fingerprint density at radius 1 is 1.17 bits per heavy atom. The van der Waals surface area contributed by atoms with E-state index in [1.165, 1.54) is 0 Å². The first-order chi connectivity index (χ1) is 8.74. The fraction of sp³-hybridized carbons (Fsp3) is 0.500. The Labute approximate surface area is 107 Å². The maximum Gasteiger partial charge on any atom is 0.303 e. The Morgan fingerprint density at radius 3 is 2.67 bits per heavy atom. The van der Waals surface area contributed by atoms with Crippen molar-refractivity contribution in [1.82, 2.24) is 0 Å². The lowest BCUT2D eigenvalue weighted by atomic mass is 10.1. The lowest BCUT2D eigenvalue weighted by Crippen LogP contribution is -2.02. The van der Waals surface area contributed by atoms with Gasteiger partial charge in [-0.05, 0) is 37.3 Å². The van der Waals surface area contributed by atoms with E-state index >= 15 is 0 Å². The zero-order chi connectivity index (χ0) is 13.2. The van der Waals surface area contributed by atoms with E-state index in [-0.39, 0.29) is 13.0 Å². The van der Waals surface area contributed by atoms with Gasteiger partial charge in [-0.1, -0.05) is 18.2 Å². The van der Waals surface area contributed by atoms with Crippen LogP contribution in [-0.4, -0.2) is 29.4 Å². The first kappa shape index (κ1) is 14.5. The van der Waals surface area contributed by atoms with Crippen molar-refractivity contribution < 1.29 is 19.7 Å². The molecule has 0 spiro atoms. The molecule has 0 amide bonds. The highest BCUT2D eigenvalue weighted by Gasteiger charge is 2.02. The number of aliphatic hydroxyl groups is 1. The van der Waals surface area contributed by atoms with E-state index in [0.717, 1.165) is 24.2 Å². The Bertz CT molecular complexity index is 363. The normalized spacial score (nSPS) is 10.3. The third kappa shape index (κ3) is 5.68. The Morgan fingerprint density at radius 2 is 1.94 bits per heavy atom. The zero-order valence-electron chi connectivity index (χ0n) is 10.5. The van der Waals surface area contributed by atoms with Crippen molar-refractivity contribution in [3.63, 3.8) is 0 Å². The molecule has 0 saturated carbocycles. The molecule has 0 fully saturated rings. The number of para-hydroxylation sites is 1. The SMILES string of the molecule is O=C(O)CCCCCOc1ccccc1CCO. The van der Waals surface area contributed by atoms with Crippen LogP contribution >= 0.6 is 0 Å². The molecule has 0 aliphatic rings. The summed E-state index contributed by atoms with van der Waals surface area (Å²) in [6, 6.07) is 7.66. The van der Waals surface area contributed by atoms with Gasteiger partial charge in [-0.25, -0.2) is 0 Å². The first-order valence-corrected chi connectivity index (χ1v) is 6.27. The molecule has 0 unspecified atom stereocenters. The monoisotopic (exact) mass is 252 g/mol. The topological polar surface area (TPSA) is 66.8 Å². The van der Waals surface area contributed by atoms with Crippen LogP contribution in [0.5, 0.6) is 5.75 Å². The maximum atomic E-state index is 10.3. The molecule has 4 nitrogen and oxygen atoms in total. The van der Waals surface area contributed by atoms with Crippen LogP contribution in [0.2, 0.25) is 0 Å². The van der Waals surface area contributed by atoms with Gasteiger partial charge < -0.3 is 14.9 Å². The average Bonchev–Trinajstić information content (AvgIpc) is 2.35. The molecule has 0 atom stereocenters. The highest BCUT2D eigenvalue weighted by Crippen LogP contribution is 2.18. The molecule has 2 N–H and O–H groups in total. The summed E-state index contributed by atoms with van der Waals surface area (Å²) >= 11 is 0. The largest absolute Gasteiger partial charge is 0.493 e. The maximum absolute atomic E-state index is 10.3. The van der Waals surface area contributed by atoms with E-state index < -0.39 is 5.97 Å². The predicted molar refractivity (Wildman–Crippen MR) is 68.8 cm³/mol. The van der Waals surface area contributed by atoms with Crippen LogP contribution in [0.15, 0.2) is 24.3 Å². The molecule has 18 heavy (non-hydrogen) atoms. The molecule has 0 aliphatic heterocycles. The number of rotatable bonds is 9. The lowest BCUT2D eigenvalue weighted by Gasteiger charge is -2.10. The summed E-state index contributed by atoms with van der Waals surface area (Å²) in [4.78, 5) is 10.3. The van der Waals surface area contributed by atoms with E-state index in [1.807, 2.05) is 24.3 Å². The molecule has 0 heterocycles. The van der Waals surface area contributed by atoms with Crippen molar-refractivity contribution in [3.8, 4) is 5.75 Å². The van der Waals surface area contributed by atoms with Gasteiger partial charge in [0.15, 0.2) is 0 Å². The quantitative estimate of drug-likeness (QED) is 0.661. The van der Waals surface area contributed by atoms with Crippen molar-refractivity contribution >= 4 is 5.97 Å². The molecule has 1 rings (SSSR count). The summed E-state index contributed by atoms with van der Waals surface area (Å²) in [5, 5.41) is 17.4. The second kappa shape index (κ2) is 8.53. The average molecular weight is 252 g/mol. The van der Waals surface area contributed by atoms with Crippen molar-refractivity contribution in [1.29, 1.82) is 0 Å². The molecule has 0 aliphatic carbocycles. The van der Waals surface area contributed by atoms with Crippen LogP contribution < -0.4 is 4.74 Å². The number of carbonyl (C=O) groups is 1. The molecule has 4 heteroatoms. The van der Waals surface area contributed by atoms with Gasteiger partial charge in [0.2, 0.25) is 0 Å². The summed E-state index contributed by atoms with van der Waals surface area (Å²) in [6.45, 7) is 0.695. The van der Waals surface area contributed by atoms with E-state index in [4.69, 9.17) is 14.9 Å². The van der Waals surface area contributed by atoms with E-state index in [9.17, 15) is 4.79 Å². The lowest BCUT2D eigenvalue weighted by molar-refractivity contribution is -0.137. The fourth-order valence-corrected chi connectivity index (χ4v) is 1.71. The van der Waals surface area contributed by atoms with Crippen molar-refractivity contribution in [2.24, 2.45) is 0 Å². The van der Waals surface area contributed by atoms with Gasteiger partial charge in [-0.3, -0.25) is 4.79 Å². The molecular formula is C14H20O4. The third-order valence-electron chi connectivity index (χ3n) is 2.65. The number of carboxylic acid groups (broad SMARTS) is 1. The minimum absolute atomic E-state index is 0.110. The standard InChI is InChI=1S/C14H20O4/c15-10-9-12-6-3-4-7-13(12)18-11-5-1-2-8-14(16)17/h3-4,6-7,15H,1-2,5,8-11H2,(H,16,17). The van der Waals surface area contributed by atoms with Gasteiger partial charge in [0.1, 0.15) is 5.75 Å². The Balaban J connectivity index is 2.24. The minimum Gasteiger partial charge on any atom is -0.493 e. The fourth-order valence-electron chi connectivity index (χ4n) is 1.71. The van der Waals surface area contributed by atoms with Crippen LogP contribution in [0.3, 0.4) is 0 Å². The van der Waals surface area contributed by atoms with E-state index in [1.54, 1.807) is 0 Å². The van der Waals surface area contributed by atoms with Crippen LogP contribution in [-0.2, 0) is 11.2 Å². The van der Waals surface area contributed by atoms with E-state index in [2.05, 4.69) is 0 Å².